The van der Waals surface area contributed by atoms with Gasteiger partial charge in [-0.15, -0.1) is 11.8 Å². The molecule has 0 aliphatic heterocycles. The predicted octanol–water partition coefficient (Wildman–Crippen LogP) is 1.46. The van der Waals surface area contributed by atoms with Gasteiger partial charge in [-0.1, -0.05) is 0 Å². The van der Waals surface area contributed by atoms with E-state index in [1.54, 1.807) is 44.4 Å². The first kappa shape index (κ1) is 21.3. The minimum Gasteiger partial charge on any atom is -0.465 e. The summed E-state index contributed by atoms with van der Waals surface area (Å²) in [4.78, 5) is 53.5. The molecule has 0 fully saturated rings. The fraction of sp³-hybridized carbons (Fsp3) is 0.250. The SMILES string of the molecule is COC(=O)c1ccc(NC(=O)CSc2c(C)cnc3c2c(=O)n(C)c(=O)n3C)cc1. The molecule has 1 N–H and O–H groups in total. The third kappa shape index (κ3) is 3.99. The largest absolute Gasteiger partial charge is 0.465 e. The minimum atomic E-state index is -0.465. The number of pyridine rings is 1. The summed E-state index contributed by atoms with van der Waals surface area (Å²) in [5.74, 6) is -0.693. The summed E-state index contributed by atoms with van der Waals surface area (Å²) in [5.41, 5.74) is 1.00. The van der Waals surface area contributed by atoms with E-state index in [1.165, 1.54) is 30.5 Å². The molecule has 2 heterocycles. The fourth-order valence-corrected chi connectivity index (χ4v) is 3.88. The van der Waals surface area contributed by atoms with E-state index in [0.717, 1.165) is 10.1 Å². The molecule has 2 aromatic heterocycles. The van der Waals surface area contributed by atoms with Crippen LogP contribution in [-0.2, 0) is 23.6 Å². The van der Waals surface area contributed by atoms with Crippen molar-refractivity contribution < 1.29 is 14.3 Å². The summed E-state index contributed by atoms with van der Waals surface area (Å²) >= 11 is 1.20. The lowest BCUT2D eigenvalue weighted by atomic mass is 10.2. The van der Waals surface area contributed by atoms with Gasteiger partial charge in [-0.3, -0.25) is 18.7 Å². The van der Waals surface area contributed by atoms with Crippen LogP contribution < -0.4 is 16.6 Å². The second-order valence-corrected chi connectivity index (χ2v) is 7.57. The topological polar surface area (TPSA) is 112 Å². The van der Waals surface area contributed by atoms with Crippen molar-refractivity contribution in [2.24, 2.45) is 14.1 Å². The van der Waals surface area contributed by atoms with Gasteiger partial charge < -0.3 is 10.1 Å². The molecule has 0 radical (unpaired) electrons. The van der Waals surface area contributed by atoms with Crippen LogP contribution in [0.3, 0.4) is 0 Å². The highest BCUT2D eigenvalue weighted by molar-refractivity contribution is 8.00. The van der Waals surface area contributed by atoms with Crippen molar-refractivity contribution in [3.8, 4) is 0 Å². The monoisotopic (exact) mass is 428 g/mol. The van der Waals surface area contributed by atoms with Crippen molar-refractivity contribution in [3.63, 3.8) is 0 Å². The smallest absolute Gasteiger partial charge is 0.337 e. The molecule has 0 aliphatic rings. The van der Waals surface area contributed by atoms with Crippen molar-refractivity contribution in [1.82, 2.24) is 14.1 Å². The Morgan fingerprint density at radius 3 is 2.43 bits per heavy atom. The quantitative estimate of drug-likeness (QED) is 0.484. The third-order valence-electron chi connectivity index (χ3n) is 4.54. The number of hydrogen-bond acceptors (Lipinski definition) is 7. The van der Waals surface area contributed by atoms with Crippen LogP contribution in [0.2, 0.25) is 0 Å². The van der Waals surface area contributed by atoms with Gasteiger partial charge in [0, 0.05) is 30.9 Å². The number of ether oxygens (including phenoxy) is 1. The van der Waals surface area contributed by atoms with Crippen LogP contribution in [0.4, 0.5) is 5.69 Å². The van der Waals surface area contributed by atoms with Gasteiger partial charge in [0.05, 0.1) is 23.8 Å². The van der Waals surface area contributed by atoms with Gasteiger partial charge in [-0.25, -0.2) is 14.6 Å². The van der Waals surface area contributed by atoms with Crippen molar-refractivity contribution in [2.45, 2.75) is 11.8 Å². The lowest BCUT2D eigenvalue weighted by Crippen LogP contribution is -2.37. The number of esters is 1. The van der Waals surface area contributed by atoms with Gasteiger partial charge >= 0.3 is 11.7 Å². The maximum absolute atomic E-state index is 12.7. The molecule has 3 rings (SSSR count). The van der Waals surface area contributed by atoms with Crippen LogP contribution in [-0.4, -0.2) is 38.9 Å². The number of nitrogens with one attached hydrogen (secondary N) is 1. The molecular formula is C20H20N4O5S. The molecule has 3 aromatic rings. The number of thioether (sulfide) groups is 1. The van der Waals surface area contributed by atoms with Crippen LogP contribution >= 0.6 is 11.8 Å². The lowest BCUT2D eigenvalue weighted by molar-refractivity contribution is -0.113. The highest BCUT2D eigenvalue weighted by Crippen LogP contribution is 2.27. The molecule has 0 atom stereocenters. The van der Waals surface area contributed by atoms with Gasteiger partial charge in [0.15, 0.2) is 0 Å². The minimum absolute atomic E-state index is 0.0463. The molecule has 156 valence electrons. The molecular weight excluding hydrogens is 408 g/mol. The molecule has 1 aromatic carbocycles. The summed E-state index contributed by atoms with van der Waals surface area (Å²) in [6.45, 7) is 1.79. The van der Waals surface area contributed by atoms with Crippen molar-refractivity contribution in [1.29, 1.82) is 0 Å². The fourth-order valence-electron chi connectivity index (χ4n) is 2.93. The van der Waals surface area contributed by atoms with E-state index in [9.17, 15) is 19.2 Å². The Balaban J connectivity index is 1.83. The molecule has 1 amide bonds. The van der Waals surface area contributed by atoms with Crippen molar-refractivity contribution in [3.05, 3.63) is 62.4 Å². The number of carbonyl (C=O) groups excluding carboxylic acids is 2. The molecule has 30 heavy (non-hydrogen) atoms. The summed E-state index contributed by atoms with van der Waals surface area (Å²) in [7, 11) is 4.25. The van der Waals surface area contributed by atoms with E-state index in [-0.39, 0.29) is 17.3 Å². The second-order valence-electron chi connectivity index (χ2n) is 6.58. The molecule has 0 saturated heterocycles. The highest BCUT2D eigenvalue weighted by atomic mass is 32.2. The Morgan fingerprint density at radius 2 is 1.80 bits per heavy atom. The highest BCUT2D eigenvalue weighted by Gasteiger charge is 2.17. The molecule has 9 nitrogen and oxygen atoms in total. The molecule has 0 saturated carbocycles. The summed E-state index contributed by atoms with van der Waals surface area (Å²) in [5, 5.41) is 3.05. The average Bonchev–Trinajstić information content (AvgIpc) is 2.75. The number of methoxy groups -OCH3 is 1. The number of carbonyl (C=O) groups is 2. The van der Waals surface area contributed by atoms with Crippen LogP contribution in [0, 0.1) is 6.92 Å². The third-order valence-corrected chi connectivity index (χ3v) is 5.76. The number of fused-ring (bicyclic) bond motifs is 1. The first-order chi connectivity index (χ1) is 14.2. The summed E-state index contributed by atoms with van der Waals surface area (Å²) < 4.78 is 6.97. The van der Waals surface area contributed by atoms with E-state index in [2.05, 4.69) is 15.0 Å². The normalized spacial score (nSPS) is 10.8. The maximum Gasteiger partial charge on any atom is 0.337 e. The summed E-state index contributed by atoms with van der Waals surface area (Å²) in [6, 6.07) is 6.32. The maximum atomic E-state index is 12.7. The standard InChI is InChI=1S/C20H20N4O5S/c1-11-9-21-17-15(18(26)24(3)20(28)23(17)2)16(11)30-10-14(25)22-13-7-5-12(6-8-13)19(27)29-4/h5-9H,10H2,1-4H3,(H,22,25). The number of anilines is 1. The van der Waals surface area contributed by atoms with E-state index in [4.69, 9.17) is 0 Å². The molecule has 0 spiro atoms. The first-order valence-corrected chi connectivity index (χ1v) is 9.89. The number of aromatic nitrogens is 3. The first-order valence-electron chi connectivity index (χ1n) is 8.91. The number of benzene rings is 1. The van der Waals surface area contributed by atoms with Gasteiger partial charge in [0.2, 0.25) is 5.91 Å². The van der Waals surface area contributed by atoms with Crippen LogP contribution in [0.25, 0.3) is 11.0 Å². The zero-order valence-electron chi connectivity index (χ0n) is 16.9. The van der Waals surface area contributed by atoms with Crippen LogP contribution in [0.1, 0.15) is 15.9 Å². The second kappa shape index (κ2) is 8.54. The Labute approximate surface area is 175 Å². The molecule has 0 bridgehead atoms. The van der Waals surface area contributed by atoms with Gasteiger partial charge in [-0.05, 0) is 36.8 Å². The molecule has 0 unspecified atom stereocenters. The average molecular weight is 428 g/mol. The Morgan fingerprint density at radius 1 is 1.13 bits per heavy atom. The van der Waals surface area contributed by atoms with Gasteiger partial charge in [0.25, 0.3) is 5.56 Å². The Kier molecular flexibility index (Phi) is 6.06. The van der Waals surface area contributed by atoms with E-state index in [0.29, 0.717) is 21.5 Å². The number of hydrogen-bond donors (Lipinski definition) is 1. The van der Waals surface area contributed by atoms with Crippen molar-refractivity contribution in [2.75, 3.05) is 18.2 Å². The number of aryl methyl sites for hydroxylation is 2. The van der Waals surface area contributed by atoms with E-state index >= 15 is 0 Å². The van der Waals surface area contributed by atoms with Crippen LogP contribution in [0.15, 0.2) is 44.9 Å². The van der Waals surface area contributed by atoms with E-state index < -0.39 is 17.2 Å². The van der Waals surface area contributed by atoms with Gasteiger partial charge in [0.1, 0.15) is 5.65 Å². The molecule has 10 heteroatoms. The van der Waals surface area contributed by atoms with Crippen molar-refractivity contribution >= 4 is 40.4 Å². The summed E-state index contributed by atoms with van der Waals surface area (Å²) in [6.07, 6.45) is 1.58. The zero-order valence-corrected chi connectivity index (χ0v) is 17.7. The number of amides is 1. The Hall–Kier alpha value is -3.40. The van der Waals surface area contributed by atoms with Gasteiger partial charge in [-0.2, -0.15) is 0 Å². The Bertz CT molecular complexity index is 1260. The van der Waals surface area contributed by atoms with E-state index in [1.807, 2.05) is 0 Å². The molecule has 0 aliphatic carbocycles. The number of nitrogens with zero attached hydrogens (tertiary/aromatic N) is 3. The zero-order chi connectivity index (χ0) is 22.0. The predicted molar refractivity (Wildman–Crippen MR) is 114 cm³/mol. The lowest BCUT2D eigenvalue weighted by Gasteiger charge is -2.12. The van der Waals surface area contributed by atoms with Crippen LogP contribution in [0.5, 0.6) is 0 Å². The number of rotatable bonds is 5.